The molecular weight excluding hydrogens is 374 g/mol. The van der Waals surface area contributed by atoms with Crippen LogP contribution >= 0.6 is 0 Å². The first-order valence-corrected chi connectivity index (χ1v) is 7.79. The maximum absolute atomic E-state index is 12.7. The number of rotatable bonds is 4. The fraction of sp³-hybridized carbons (Fsp3) is 0.867. The Labute approximate surface area is 145 Å². The average molecular weight is 394 g/mol. The third-order valence-corrected chi connectivity index (χ3v) is 4.21. The van der Waals surface area contributed by atoms with Crippen molar-refractivity contribution in [1.82, 2.24) is 0 Å². The van der Waals surface area contributed by atoms with Crippen LogP contribution in [0.1, 0.15) is 52.9 Å². The average Bonchev–Trinajstić information content (AvgIpc) is 2.43. The lowest BCUT2D eigenvalue weighted by Gasteiger charge is -2.37. The maximum atomic E-state index is 12.7. The molecule has 0 unspecified atom stereocenters. The van der Waals surface area contributed by atoms with E-state index in [0.29, 0.717) is 12.8 Å². The zero-order chi connectivity index (χ0) is 20.6. The molecule has 0 aromatic rings. The smallest absolute Gasteiger partial charge is 0.437 e. The molecule has 1 saturated carbocycles. The molecule has 1 aliphatic carbocycles. The highest BCUT2D eigenvalue weighted by Crippen LogP contribution is 2.44. The standard InChI is InChI=1S/C15H20F6O5/c1-11(2,9(22)26-12(3)7-5-4-6-8-12)25-10(23)13(24,14(16,17)18)15(19,20)21/h24H,4-8H2,1-3H3. The lowest BCUT2D eigenvalue weighted by atomic mass is 9.86. The number of alkyl halides is 6. The van der Waals surface area contributed by atoms with Crippen LogP contribution in [0.25, 0.3) is 0 Å². The first kappa shape index (κ1) is 22.5. The van der Waals surface area contributed by atoms with Crippen molar-refractivity contribution in [3.05, 3.63) is 0 Å². The van der Waals surface area contributed by atoms with E-state index in [1.54, 1.807) is 6.92 Å². The van der Waals surface area contributed by atoms with Crippen LogP contribution in [0.15, 0.2) is 0 Å². The molecule has 5 nitrogen and oxygen atoms in total. The largest absolute Gasteiger partial charge is 0.456 e. The summed E-state index contributed by atoms with van der Waals surface area (Å²) in [5.74, 6) is -4.35. The molecule has 0 radical (unpaired) electrons. The van der Waals surface area contributed by atoms with Crippen molar-refractivity contribution in [3.63, 3.8) is 0 Å². The van der Waals surface area contributed by atoms with Gasteiger partial charge in [-0.05, 0) is 46.5 Å². The van der Waals surface area contributed by atoms with Crippen molar-refractivity contribution >= 4 is 11.9 Å². The van der Waals surface area contributed by atoms with Crippen LogP contribution in [0.2, 0.25) is 0 Å². The first-order valence-electron chi connectivity index (χ1n) is 7.79. The number of hydrogen-bond donors (Lipinski definition) is 1. The second-order valence-corrected chi connectivity index (χ2v) is 7.01. The van der Waals surface area contributed by atoms with Gasteiger partial charge in [0.1, 0.15) is 5.60 Å². The van der Waals surface area contributed by atoms with E-state index in [-0.39, 0.29) is 0 Å². The minimum Gasteiger partial charge on any atom is -0.456 e. The first-order chi connectivity index (χ1) is 11.5. The SMILES string of the molecule is CC1(OC(=O)C(C)(C)OC(=O)C(O)(C(F)(F)F)C(F)(F)F)CCCCC1. The van der Waals surface area contributed by atoms with Crippen molar-refractivity contribution in [2.24, 2.45) is 0 Å². The number of esters is 2. The van der Waals surface area contributed by atoms with Crippen LogP contribution in [-0.2, 0) is 19.1 Å². The molecule has 1 rings (SSSR count). The molecule has 0 aromatic carbocycles. The topological polar surface area (TPSA) is 72.8 Å². The van der Waals surface area contributed by atoms with E-state index in [4.69, 9.17) is 9.84 Å². The Hall–Kier alpha value is -1.52. The fourth-order valence-electron chi connectivity index (χ4n) is 2.49. The van der Waals surface area contributed by atoms with Crippen LogP contribution in [0.3, 0.4) is 0 Å². The number of halogens is 6. The zero-order valence-corrected chi connectivity index (χ0v) is 14.4. The molecule has 1 aliphatic rings. The van der Waals surface area contributed by atoms with Gasteiger partial charge in [-0.1, -0.05) is 6.42 Å². The molecule has 0 saturated heterocycles. The van der Waals surface area contributed by atoms with Crippen molar-refractivity contribution in [2.45, 2.75) is 82.0 Å². The van der Waals surface area contributed by atoms with Gasteiger partial charge >= 0.3 is 29.9 Å². The second-order valence-electron chi connectivity index (χ2n) is 7.01. The number of carbonyl (C=O) groups excluding carboxylic acids is 2. The quantitative estimate of drug-likeness (QED) is 0.584. The van der Waals surface area contributed by atoms with Gasteiger partial charge in [0.25, 0.3) is 0 Å². The summed E-state index contributed by atoms with van der Waals surface area (Å²) < 4.78 is 85.3. The number of carbonyl (C=O) groups is 2. The molecule has 0 spiro atoms. The minimum absolute atomic E-state index is 0.456. The van der Waals surface area contributed by atoms with E-state index >= 15 is 0 Å². The zero-order valence-electron chi connectivity index (χ0n) is 14.4. The number of aliphatic hydroxyl groups is 1. The van der Waals surface area contributed by atoms with Gasteiger partial charge in [0, 0.05) is 0 Å². The molecule has 0 heterocycles. The molecule has 0 amide bonds. The van der Waals surface area contributed by atoms with Crippen LogP contribution in [-0.4, -0.2) is 46.2 Å². The van der Waals surface area contributed by atoms with Crippen LogP contribution < -0.4 is 0 Å². The summed E-state index contributed by atoms with van der Waals surface area (Å²) in [5, 5.41) is 8.99. The summed E-state index contributed by atoms with van der Waals surface area (Å²) in [4.78, 5) is 23.7. The Morgan fingerprint density at radius 3 is 1.69 bits per heavy atom. The second kappa shape index (κ2) is 6.90. The van der Waals surface area contributed by atoms with Gasteiger partial charge in [-0.3, -0.25) is 0 Å². The normalized spacial score (nSPS) is 19.0. The Morgan fingerprint density at radius 2 is 1.31 bits per heavy atom. The highest BCUT2D eigenvalue weighted by molar-refractivity contribution is 5.87. The van der Waals surface area contributed by atoms with Crippen molar-refractivity contribution in [1.29, 1.82) is 0 Å². The molecule has 152 valence electrons. The predicted molar refractivity (Wildman–Crippen MR) is 74.8 cm³/mol. The highest BCUT2D eigenvalue weighted by Gasteiger charge is 2.77. The summed E-state index contributed by atoms with van der Waals surface area (Å²) in [6, 6.07) is 0. The summed E-state index contributed by atoms with van der Waals surface area (Å²) in [5.41, 5.74) is -9.18. The monoisotopic (exact) mass is 394 g/mol. The molecule has 11 heteroatoms. The summed E-state index contributed by atoms with van der Waals surface area (Å²) in [7, 11) is 0. The molecule has 26 heavy (non-hydrogen) atoms. The number of hydrogen-bond acceptors (Lipinski definition) is 5. The molecule has 0 bridgehead atoms. The third-order valence-electron chi connectivity index (χ3n) is 4.21. The Kier molecular flexibility index (Phi) is 5.97. The summed E-state index contributed by atoms with van der Waals surface area (Å²) in [6.45, 7) is 3.14. The molecule has 1 fully saturated rings. The van der Waals surface area contributed by atoms with Gasteiger partial charge in [-0.15, -0.1) is 0 Å². The molecule has 0 aliphatic heterocycles. The van der Waals surface area contributed by atoms with Gasteiger partial charge in [0.15, 0.2) is 0 Å². The minimum atomic E-state index is -6.39. The van der Waals surface area contributed by atoms with Gasteiger partial charge in [-0.2, -0.15) is 26.3 Å². The van der Waals surface area contributed by atoms with E-state index in [1.807, 2.05) is 0 Å². The van der Waals surface area contributed by atoms with E-state index in [9.17, 15) is 35.9 Å². The van der Waals surface area contributed by atoms with Gasteiger partial charge in [0.05, 0.1) is 0 Å². The van der Waals surface area contributed by atoms with Gasteiger partial charge < -0.3 is 14.6 Å². The van der Waals surface area contributed by atoms with Crippen LogP contribution in [0, 0.1) is 0 Å². The van der Waals surface area contributed by atoms with Crippen molar-refractivity contribution in [3.8, 4) is 0 Å². The Balaban J connectivity index is 2.99. The predicted octanol–water partition coefficient (Wildman–Crippen LogP) is 3.43. The third kappa shape index (κ3) is 4.41. The van der Waals surface area contributed by atoms with Crippen molar-refractivity contribution < 1.29 is 50.5 Å². The van der Waals surface area contributed by atoms with Crippen LogP contribution in [0.4, 0.5) is 26.3 Å². The molecule has 1 N–H and O–H groups in total. The van der Waals surface area contributed by atoms with E-state index < -0.39 is 41.1 Å². The lowest BCUT2D eigenvalue weighted by Crippen LogP contribution is -2.64. The van der Waals surface area contributed by atoms with Crippen molar-refractivity contribution in [2.75, 3.05) is 0 Å². The van der Waals surface area contributed by atoms with Gasteiger partial charge in [-0.25, -0.2) is 9.59 Å². The lowest BCUT2D eigenvalue weighted by molar-refractivity contribution is -0.358. The maximum Gasteiger partial charge on any atom is 0.437 e. The summed E-state index contributed by atoms with van der Waals surface area (Å²) >= 11 is 0. The Bertz CT molecular complexity index is 532. The molecule has 0 atom stereocenters. The fourth-order valence-corrected chi connectivity index (χ4v) is 2.49. The van der Waals surface area contributed by atoms with E-state index in [2.05, 4.69) is 4.74 Å². The van der Waals surface area contributed by atoms with E-state index in [1.165, 1.54) is 0 Å². The Morgan fingerprint density at radius 1 is 0.885 bits per heavy atom. The summed E-state index contributed by atoms with van der Waals surface area (Å²) in [6.07, 6.45) is -9.52. The number of ether oxygens (including phenoxy) is 2. The molecule has 0 aromatic heterocycles. The van der Waals surface area contributed by atoms with Crippen LogP contribution in [0.5, 0.6) is 0 Å². The molecular formula is C15H20F6O5. The van der Waals surface area contributed by atoms with E-state index in [0.717, 1.165) is 33.1 Å². The van der Waals surface area contributed by atoms with Gasteiger partial charge in [0.2, 0.25) is 5.60 Å². The highest BCUT2D eigenvalue weighted by atomic mass is 19.4.